The highest BCUT2D eigenvalue weighted by Gasteiger charge is 2.23. The third-order valence-corrected chi connectivity index (χ3v) is 1.08. The van der Waals surface area contributed by atoms with E-state index in [2.05, 4.69) is 16.4 Å². The third-order valence-electron chi connectivity index (χ3n) is 1.08. The number of carboxylic acids is 1. The molecule has 0 fully saturated rings. The highest BCUT2D eigenvalue weighted by molar-refractivity contribution is 5.72. The Labute approximate surface area is 65.4 Å². The Balaban J connectivity index is 3.89. The van der Waals surface area contributed by atoms with Gasteiger partial charge in [-0.1, -0.05) is 20.4 Å². The van der Waals surface area contributed by atoms with Crippen molar-refractivity contribution in [3.63, 3.8) is 0 Å². The van der Waals surface area contributed by atoms with Crippen LogP contribution in [0, 0.1) is 5.92 Å². The first-order chi connectivity index (χ1) is 5.09. The van der Waals surface area contributed by atoms with Crippen molar-refractivity contribution in [1.29, 1.82) is 0 Å². The van der Waals surface area contributed by atoms with Gasteiger partial charge in [-0.05, 0) is 5.92 Å². The minimum Gasteiger partial charge on any atom is -0.479 e. The predicted octanol–water partition coefficient (Wildman–Crippen LogP) is 1.19. The van der Waals surface area contributed by atoms with Crippen LogP contribution in [0.2, 0.25) is 0 Å². The molecule has 0 unspecified atom stereocenters. The maximum Gasteiger partial charge on any atom is 0.337 e. The van der Waals surface area contributed by atoms with E-state index in [1.807, 2.05) is 0 Å². The Morgan fingerprint density at radius 1 is 1.64 bits per heavy atom. The zero-order valence-electron chi connectivity index (χ0n) is 6.61. The molecule has 4 nitrogen and oxygen atoms in total. The summed E-state index contributed by atoms with van der Waals surface area (Å²) in [7, 11) is 0. The van der Waals surface area contributed by atoms with E-state index in [1.165, 1.54) is 0 Å². The van der Waals surface area contributed by atoms with Gasteiger partial charge in [0.25, 0.3) is 0 Å². The van der Waals surface area contributed by atoms with Gasteiger partial charge in [-0.25, -0.2) is 4.79 Å². The lowest BCUT2D eigenvalue weighted by atomic mass is 10.1. The van der Waals surface area contributed by atoms with Crippen LogP contribution < -0.4 is 0 Å². The molecule has 0 aromatic rings. The van der Waals surface area contributed by atoms with Crippen LogP contribution >= 0.6 is 0 Å². The van der Waals surface area contributed by atoms with E-state index in [9.17, 15) is 4.79 Å². The molecule has 0 rings (SSSR count). The number of carbonyl (C=O) groups is 1. The monoisotopic (exact) mass is 160 g/mol. The Morgan fingerprint density at radius 3 is 2.45 bits per heavy atom. The molecule has 11 heavy (non-hydrogen) atoms. The smallest absolute Gasteiger partial charge is 0.337 e. The fourth-order valence-corrected chi connectivity index (χ4v) is 0.537. The van der Waals surface area contributed by atoms with E-state index in [1.54, 1.807) is 13.8 Å². The molecule has 0 aliphatic carbocycles. The molecule has 4 heteroatoms. The number of rotatable bonds is 5. The first-order valence-corrected chi connectivity index (χ1v) is 3.25. The fraction of sp³-hybridized carbons (Fsp3) is 0.571. The van der Waals surface area contributed by atoms with Gasteiger partial charge in [0, 0.05) is 0 Å². The van der Waals surface area contributed by atoms with Crippen LogP contribution in [0.5, 0.6) is 0 Å². The average Bonchev–Trinajstić information content (AvgIpc) is 1.87. The Kier molecular flexibility index (Phi) is 4.29. The molecule has 0 aromatic heterocycles. The van der Waals surface area contributed by atoms with Crippen LogP contribution in [-0.4, -0.2) is 17.2 Å². The first kappa shape index (κ1) is 9.97. The minimum atomic E-state index is -1.04. The molecule has 0 saturated carbocycles. The predicted molar refractivity (Wildman–Crippen MR) is 38.6 cm³/mol. The van der Waals surface area contributed by atoms with Crippen LogP contribution in [0.4, 0.5) is 0 Å². The summed E-state index contributed by atoms with van der Waals surface area (Å²) in [4.78, 5) is 19.2. The second-order valence-electron chi connectivity index (χ2n) is 2.36. The number of aliphatic carboxylic acids is 1. The SMILES string of the molecule is C=COO[C@H](C(=O)O)C(C)C. The van der Waals surface area contributed by atoms with Crippen molar-refractivity contribution < 1.29 is 19.7 Å². The molecular formula is C7H12O4. The van der Waals surface area contributed by atoms with Crippen LogP contribution in [0.3, 0.4) is 0 Å². The molecule has 0 radical (unpaired) electrons. The molecule has 1 N–H and O–H groups in total. The lowest BCUT2D eigenvalue weighted by Gasteiger charge is -2.13. The van der Waals surface area contributed by atoms with Crippen molar-refractivity contribution in [3.8, 4) is 0 Å². The van der Waals surface area contributed by atoms with Gasteiger partial charge in [0.15, 0.2) is 0 Å². The number of carboxylic acid groups (broad SMARTS) is 1. The maximum absolute atomic E-state index is 10.4. The van der Waals surface area contributed by atoms with Gasteiger partial charge >= 0.3 is 5.97 Å². The molecule has 0 aliphatic rings. The molecule has 0 bridgehead atoms. The van der Waals surface area contributed by atoms with E-state index in [4.69, 9.17) is 5.11 Å². The fourth-order valence-electron chi connectivity index (χ4n) is 0.537. The number of hydrogen-bond acceptors (Lipinski definition) is 3. The molecule has 0 aliphatic heterocycles. The summed E-state index contributed by atoms with van der Waals surface area (Å²) >= 11 is 0. The van der Waals surface area contributed by atoms with E-state index >= 15 is 0 Å². The summed E-state index contributed by atoms with van der Waals surface area (Å²) in [5.41, 5.74) is 0. The Hall–Kier alpha value is -1.03. The second kappa shape index (κ2) is 4.73. The normalized spacial score (nSPS) is 12.6. The topological polar surface area (TPSA) is 55.8 Å². The van der Waals surface area contributed by atoms with Gasteiger partial charge in [0.2, 0.25) is 6.10 Å². The van der Waals surface area contributed by atoms with Crippen LogP contribution in [0.15, 0.2) is 12.8 Å². The summed E-state index contributed by atoms with van der Waals surface area (Å²) in [6, 6.07) is 0. The highest BCUT2D eigenvalue weighted by atomic mass is 17.2. The Morgan fingerprint density at radius 2 is 2.18 bits per heavy atom. The molecule has 0 aromatic carbocycles. The summed E-state index contributed by atoms with van der Waals surface area (Å²) in [6.07, 6.45) is 0.103. The molecule has 0 saturated heterocycles. The second-order valence-corrected chi connectivity index (χ2v) is 2.36. The molecule has 1 atom stereocenters. The summed E-state index contributed by atoms with van der Waals surface area (Å²) in [6.45, 7) is 6.67. The van der Waals surface area contributed by atoms with Crippen LogP contribution in [0.1, 0.15) is 13.8 Å². The van der Waals surface area contributed by atoms with E-state index in [0.717, 1.165) is 6.26 Å². The lowest BCUT2D eigenvalue weighted by Crippen LogP contribution is -2.28. The van der Waals surface area contributed by atoms with Gasteiger partial charge < -0.3 is 9.99 Å². The van der Waals surface area contributed by atoms with Crippen LogP contribution in [-0.2, 0) is 14.6 Å². The maximum atomic E-state index is 10.4. The molecule has 64 valence electrons. The standard InChI is InChI=1S/C7H12O4/c1-4-10-11-6(5(2)3)7(8)9/h4-6H,1H2,2-3H3,(H,8,9)/t6-/m0/s1. The van der Waals surface area contributed by atoms with Crippen molar-refractivity contribution in [1.82, 2.24) is 0 Å². The molecule has 0 amide bonds. The van der Waals surface area contributed by atoms with E-state index in [-0.39, 0.29) is 5.92 Å². The largest absolute Gasteiger partial charge is 0.479 e. The number of hydrogen-bond donors (Lipinski definition) is 1. The lowest BCUT2D eigenvalue weighted by molar-refractivity contribution is -0.288. The average molecular weight is 160 g/mol. The van der Waals surface area contributed by atoms with Crippen molar-refractivity contribution in [3.05, 3.63) is 12.8 Å². The van der Waals surface area contributed by atoms with Gasteiger partial charge in [-0.3, -0.25) is 0 Å². The highest BCUT2D eigenvalue weighted by Crippen LogP contribution is 2.06. The van der Waals surface area contributed by atoms with Gasteiger partial charge in [-0.2, -0.15) is 4.89 Å². The van der Waals surface area contributed by atoms with Crippen molar-refractivity contribution >= 4 is 5.97 Å². The van der Waals surface area contributed by atoms with E-state index < -0.39 is 12.1 Å². The quantitative estimate of drug-likeness (QED) is 0.373. The van der Waals surface area contributed by atoms with Crippen molar-refractivity contribution in [2.45, 2.75) is 20.0 Å². The Bertz CT molecular complexity index is 141. The minimum absolute atomic E-state index is 0.132. The summed E-state index contributed by atoms with van der Waals surface area (Å²) in [5, 5.41) is 8.53. The van der Waals surface area contributed by atoms with Gasteiger partial charge in [0.05, 0.1) is 0 Å². The zero-order valence-corrected chi connectivity index (χ0v) is 6.61. The van der Waals surface area contributed by atoms with E-state index in [0.29, 0.717) is 0 Å². The third kappa shape index (κ3) is 3.62. The molecule has 0 spiro atoms. The summed E-state index contributed by atoms with van der Waals surface area (Å²) < 4.78 is 0. The van der Waals surface area contributed by atoms with Crippen LogP contribution in [0.25, 0.3) is 0 Å². The zero-order chi connectivity index (χ0) is 8.85. The van der Waals surface area contributed by atoms with Gasteiger partial charge in [0.1, 0.15) is 6.26 Å². The molecule has 0 heterocycles. The van der Waals surface area contributed by atoms with Crippen molar-refractivity contribution in [2.75, 3.05) is 0 Å². The van der Waals surface area contributed by atoms with Gasteiger partial charge in [-0.15, -0.1) is 0 Å². The molecular weight excluding hydrogens is 148 g/mol. The first-order valence-electron chi connectivity index (χ1n) is 3.25. The van der Waals surface area contributed by atoms with Crippen molar-refractivity contribution in [2.24, 2.45) is 5.92 Å². The summed E-state index contributed by atoms with van der Waals surface area (Å²) in [5.74, 6) is -1.17.